The van der Waals surface area contributed by atoms with Gasteiger partial charge in [-0.2, -0.15) is 5.10 Å². The monoisotopic (exact) mass is 318 g/mol. The number of aryl methyl sites for hydroxylation is 2. The van der Waals surface area contributed by atoms with Crippen molar-refractivity contribution in [3.05, 3.63) is 17.0 Å². The Balaban J connectivity index is 1.41. The average Bonchev–Trinajstić information content (AvgIpc) is 3.16. The number of amides is 1. The molecule has 2 heterocycles. The first kappa shape index (κ1) is 16.5. The molecule has 2 aliphatic rings. The zero-order chi connectivity index (χ0) is 16.2. The molecule has 0 bridgehead atoms. The molecule has 1 aliphatic heterocycles. The molecule has 1 saturated heterocycles. The van der Waals surface area contributed by atoms with E-state index in [4.69, 9.17) is 0 Å². The highest BCUT2D eigenvalue weighted by Crippen LogP contribution is 2.27. The van der Waals surface area contributed by atoms with Crippen LogP contribution in [0.5, 0.6) is 0 Å². The second-order valence-electron chi connectivity index (χ2n) is 7.33. The fraction of sp³-hybridized carbons (Fsp3) is 0.778. The minimum absolute atomic E-state index is 0.119. The van der Waals surface area contributed by atoms with Gasteiger partial charge in [-0.3, -0.25) is 9.89 Å². The van der Waals surface area contributed by atoms with Crippen molar-refractivity contribution < 1.29 is 4.79 Å². The van der Waals surface area contributed by atoms with Crippen molar-refractivity contribution in [1.82, 2.24) is 20.4 Å². The molecule has 5 heteroatoms. The summed E-state index contributed by atoms with van der Waals surface area (Å²) in [6, 6.07) is 0.806. The van der Waals surface area contributed by atoms with E-state index in [9.17, 15) is 4.79 Å². The second kappa shape index (κ2) is 7.47. The van der Waals surface area contributed by atoms with Crippen LogP contribution in [0, 0.1) is 19.8 Å². The molecule has 0 spiro atoms. The van der Waals surface area contributed by atoms with Crippen molar-refractivity contribution in [2.75, 3.05) is 19.6 Å². The van der Waals surface area contributed by atoms with Crippen LogP contribution < -0.4 is 5.32 Å². The average molecular weight is 318 g/mol. The Bertz CT molecular complexity index is 514. The number of hydrogen-bond acceptors (Lipinski definition) is 3. The van der Waals surface area contributed by atoms with Gasteiger partial charge in [-0.15, -0.1) is 0 Å². The van der Waals surface area contributed by atoms with Crippen molar-refractivity contribution in [1.29, 1.82) is 0 Å². The first-order valence-corrected chi connectivity index (χ1v) is 9.14. The minimum Gasteiger partial charge on any atom is -0.355 e. The maximum absolute atomic E-state index is 12.2. The van der Waals surface area contributed by atoms with Crippen molar-refractivity contribution in [2.24, 2.45) is 5.92 Å². The summed E-state index contributed by atoms with van der Waals surface area (Å²) in [5.74, 6) is 0.737. The summed E-state index contributed by atoms with van der Waals surface area (Å²) in [6.07, 6.45) is 8.61. The standard InChI is InChI=1S/C18H30N4O/c1-13-17(14(2)21-20-13)10-18(23)19-11-15-8-9-22(12-15)16-6-4-3-5-7-16/h15-16H,3-12H2,1-2H3,(H,19,23)(H,20,21). The van der Waals surface area contributed by atoms with Gasteiger partial charge >= 0.3 is 0 Å². The van der Waals surface area contributed by atoms with E-state index in [-0.39, 0.29) is 5.91 Å². The summed E-state index contributed by atoms with van der Waals surface area (Å²) in [5.41, 5.74) is 2.97. The summed E-state index contributed by atoms with van der Waals surface area (Å²) < 4.78 is 0. The maximum atomic E-state index is 12.2. The third-order valence-electron chi connectivity index (χ3n) is 5.61. The van der Waals surface area contributed by atoms with E-state index in [1.54, 1.807) is 0 Å². The molecule has 23 heavy (non-hydrogen) atoms. The Morgan fingerprint density at radius 1 is 1.26 bits per heavy atom. The van der Waals surface area contributed by atoms with Crippen LogP contribution in [0.3, 0.4) is 0 Å². The molecular formula is C18H30N4O. The van der Waals surface area contributed by atoms with Gasteiger partial charge in [0, 0.05) is 30.4 Å². The van der Waals surface area contributed by atoms with Gasteiger partial charge in [-0.25, -0.2) is 0 Å². The normalized spacial score (nSPS) is 23.3. The lowest BCUT2D eigenvalue weighted by atomic mass is 9.94. The molecule has 0 aromatic carbocycles. The van der Waals surface area contributed by atoms with Crippen molar-refractivity contribution in [2.45, 2.75) is 64.8 Å². The number of nitrogens with one attached hydrogen (secondary N) is 2. The SMILES string of the molecule is Cc1n[nH]c(C)c1CC(=O)NCC1CCN(C2CCCCC2)C1. The molecule has 3 rings (SSSR count). The minimum atomic E-state index is 0.119. The number of aromatic nitrogens is 2. The second-order valence-corrected chi connectivity index (χ2v) is 7.33. The molecule has 1 amide bonds. The quantitative estimate of drug-likeness (QED) is 0.876. The van der Waals surface area contributed by atoms with Crippen molar-refractivity contribution >= 4 is 5.91 Å². The number of aromatic amines is 1. The highest BCUT2D eigenvalue weighted by atomic mass is 16.1. The highest BCUT2D eigenvalue weighted by molar-refractivity contribution is 5.79. The lowest BCUT2D eigenvalue weighted by Crippen LogP contribution is -2.36. The Hall–Kier alpha value is -1.36. The molecule has 2 N–H and O–H groups in total. The van der Waals surface area contributed by atoms with E-state index >= 15 is 0 Å². The summed E-state index contributed by atoms with van der Waals surface area (Å²) >= 11 is 0. The molecule has 128 valence electrons. The summed E-state index contributed by atoms with van der Waals surface area (Å²) in [4.78, 5) is 14.9. The number of rotatable bonds is 5. The van der Waals surface area contributed by atoms with E-state index in [1.165, 1.54) is 45.1 Å². The topological polar surface area (TPSA) is 61.0 Å². The molecule has 0 radical (unpaired) electrons. The van der Waals surface area contributed by atoms with Crippen LogP contribution >= 0.6 is 0 Å². The molecule has 1 aliphatic carbocycles. The molecule has 1 unspecified atom stereocenters. The Morgan fingerprint density at radius 2 is 2.04 bits per heavy atom. The number of nitrogens with zero attached hydrogens (tertiary/aromatic N) is 2. The zero-order valence-corrected chi connectivity index (χ0v) is 14.5. The fourth-order valence-electron chi connectivity index (χ4n) is 4.12. The molecule has 1 atom stereocenters. The van der Waals surface area contributed by atoms with E-state index in [1.807, 2.05) is 13.8 Å². The Labute approximate surface area is 139 Å². The van der Waals surface area contributed by atoms with Gasteiger partial charge in [-0.05, 0) is 45.6 Å². The van der Waals surface area contributed by atoms with Crippen LogP contribution in [0.25, 0.3) is 0 Å². The van der Waals surface area contributed by atoms with Gasteiger partial charge in [0.2, 0.25) is 5.91 Å². The highest BCUT2D eigenvalue weighted by Gasteiger charge is 2.29. The van der Waals surface area contributed by atoms with Crippen LogP contribution in [-0.2, 0) is 11.2 Å². The summed E-state index contributed by atoms with van der Waals surface area (Å²) in [6.45, 7) is 7.12. The van der Waals surface area contributed by atoms with Crippen LogP contribution in [0.15, 0.2) is 0 Å². The number of carbonyl (C=O) groups excluding carboxylic acids is 1. The number of carbonyl (C=O) groups is 1. The molecule has 5 nitrogen and oxygen atoms in total. The number of hydrogen-bond donors (Lipinski definition) is 2. The van der Waals surface area contributed by atoms with Crippen molar-refractivity contribution in [3.63, 3.8) is 0 Å². The summed E-state index contributed by atoms with van der Waals surface area (Å²) in [7, 11) is 0. The van der Waals surface area contributed by atoms with E-state index in [0.717, 1.165) is 36.1 Å². The molecule has 1 aromatic heterocycles. The van der Waals surface area contributed by atoms with Gasteiger partial charge < -0.3 is 10.2 Å². The molecule has 1 saturated carbocycles. The first-order chi connectivity index (χ1) is 11.1. The smallest absolute Gasteiger partial charge is 0.224 e. The van der Waals surface area contributed by atoms with Crippen LogP contribution in [0.1, 0.15) is 55.5 Å². The van der Waals surface area contributed by atoms with Gasteiger partial charge in [0.25, 0.3) is 0 Å². The predicted molar refractivity (Wildman–Crippen MR) is 91.3 cm³/mol. The zero-order valence-electron chi connectivity index (χ0n) is 14.5. The Kier molecular flexibility index (Phi) is 5.36. The van der Waals surface area contributed by atoms with Crippen LogP contribution in [0.2, 0.25) is 0 Å². The number of likely N-dealkylation sites (tertiary alicyclic amines) is 1. The van der Waals surface area contributed by atoms with Gasteiger partial charge in [0.1, 0.15) is 0 Å². The lowest BCUT2D eigenvalue weighted by Gasteiger charge is -2.31. The first-order valence-electron chi connectivity index (χ1n) is 9.14. The van der Waals surface area contributed by atoms with Gasteiger partial charge in [0.05, 0.1) is 12.1 Å². The van der Waals surface area contributed by atoms with Gasteiger partial charge in [0.15, 0.2) is 0 Å². The molecular weight excluding hydrogens is 288 g/mol. The predicted octanol–water partition coefficient (Wildman–Crippen LogP) is 2.34. The van der Waals surface area contributed by atoms with Crippen LogP contribution in [-0.4, -0.2) is 46.7 Å². The lowest BCUT2D eigenvalue weighted by molar-refractivity contribution is -0.120. The van der Waals surface area contributed by atoms with E-state index in [2.05, 4.69) is 20.4 Å². The molecule has 1 aromatic rings. The number of H-pyrrole nitrogens is 1. The third kappa shape index (κ3) is 4.14. The molecule has 2 fully saturated rings. The van der Waals surface area contributed by atoms with Gasteiger partial charge in [-0.1, -0.05) is 19.3 Å². The third-order valence-corrected chi connectivity index (χ3v) is 5.61. The fourth-order valence-corrected chi connectivity index (χ4v) is 4.12. The van der Waals surface area contributed by atoms with Crippen LogP contribution in [0.4, 0.5) is 0 Å². The largest absolute Gasteiger partial charge is 0.355 e. The van der Waals surface area contributed by atoms with E-state index < -0.39 is 0 Å². The maximum Gasteiger partial charge on any atom is 0.224 e. The summed E-state index contributed by atoms with van der Waals surface area (Å²) in [5, 5.41) is 10.2. The van der Waals surface area contributed by atoms with Crippen molar-refractivity contribution in [3.8, 4) is 0 Å². The Morgan fingerprint density at radius 3 is 2.74 bits per heavy atom. The van der Waals surface area contributed by atoms with E-state index in [0.29, 0.717) is 12.3 Å².